The van der Waals surface area contributed by atoms with Crippen molar-refractivity contribution in [3.8, 4) is 0 Å². The minimum Gasteiger partial charge on any atom is -0.468 e. The smallest absolute Gasteiger partial charge is 0.117 e. The first kappa shape index (κ1) is 7.73. The molecule has 0 bridgehead atoms. The quantitative estimate of drug-likeness (QED) is 0.664. The summed E-state index contributed by atoms with van der Waals surface area (Å²) in [7, 11) is 0. The number of furan rings is 1. The average molecular weight is 156 g/mol. The van der Waals surface area contributed by atoms with E-state index in [9.17, 15) is 0 Å². The van der Waals surface area contributed by atoms with E-state index in [2.05, 4.69) is 19.6 Å². The zero-order valence-electron chi connectivity index (χ0n) is 6.13. The number of thiol groups is 1. The first-order valence-electron chi connectivity index (χ1n) is 3.60. The molecule has 2 heteroatoms. The van der Waals surface area contributed by atoms with Crippen LogP contribution < -0.4 is 0 Å². The fraction of sp³-hybridized carbons (Fsp3) is 0.500. The van der Waals surface area contributed by atoms with E-state index in [0.29, 0.717) is 0 Å². The number of unbranched alkanes of at least 4 members (excludes halogenated alkanes) is 1. The highest BCUT2D eigenvalue weighted by atomic mass is 32.1. The van der Waals surface area contributed by atoms with Gasteiger partial charge in [0.1, 0.15) is 5.76 Å². The lowest BCUT2D eigenvalue weighted by molar-refractivity contribution is 0.492. The molecule has 0 aromatic carbocycles. The minimum absolute atomic E-state index is 0.980. The van der Waals surface area contributed by atoms with Gasteiger partial charge in [0.2, 0.25) is 0 Å². The van der Waals surface area contributed by atoms with Crippen LogP contribution >= 0.6 is 12.6 Å². The molecule has 1 aromatic rings. The van der Waals surface area contributed by atoms with Crippen molar-refractivity contribution in [2.45, 2.75) is 31.1 Å². The van der Waals surface area contributed by atoms with Crippen molar-refractivity contribution in [1.82, 2.24) is 0 Å². The predicted molar refractivity (Wildman–Crippen MR) is 44.6 cm³/mol. The fourth-order valence-corrected chi connectivity index (χ4v) is 1.08. The van der Waals surface area contributed by atoms with Gasteiger partial charge < -0.3 is 4.42 Å². The molecule has 0 saturated heterocycles. The lowest BCUT2D eigenvalue weighted by Gasteiger charge is -1.93. The number of hydrogen-bond acceptors (Lipinski definition) is 2. The Morgan fingerprint density at radius 1 is 1.60 bits per heavy atom. The average Bonchev–Trinajstić information content (AvgIpc) is 2.31. The molecule has 0 saturated carbocycles. The molecule has 0 fully saturated rings. The summed E-state index contributed by atoms with van der Waals surface area (Å²) in [5, 5.41) is 0. The highest BCUT2D eigenvalue weighted by Crippen LogP contribution is 2.16. The van der Waals surface area contributed by atoms with E-state index in [0.717, 1.165) is 17.1 Å². The van der Waals surface area contributed by atoms with Gasteiger partial charge >= 0.3 is 0 Å². The number of rotatable bonds is 3. The molecule has 0 N–H and O–H groups in total. The van der Waals surface area contributed by atoms with E-state index in [1.54, 1.807) is 6.26 Å². The summed E-state index contributed by atoms with van der Waals surface area (Å²) in [4.78, 5) is 0.980. The van der Waals surface area contributed by atoms with Crippen LogP contribution in [-0.4, -0.2) is 0 Å². The third kappa shape index (κ3) is 1.81. The van der Waals surface area contributed by atoms with Crippen LogP contribution in [0.1, 0.15) is 25.5 Å². The van der Waals surface area contributed by atoms with Crippen LogP contribution in [0.4, 0.5) is 0 Å². The molecule has 0 atom stereocenters. The van der Waals surface area contributed by atoms with Crippen molar-refractivity contribution in [1.29, 1.82) is 0 Å². The maximum absolute atomic E-state index is 5.19. The molecule has 1 aromatic heterocycles. The van der Waals surface area contributed by atoms with Crippen LogP contribution in [0, 0.1) is 0 Å². The molecule has 0 radical (unpaired) electrons. The molecule has 1 rings (SSSR count). The molecule has 0 aliphatic rings. The van der Waals surface area contributed by atoms with Crippen molar-refractivity contribution in [2.24, 2.45) is 0 Å². The van der Waals surface area contributed by atoms with Crippen LogP contribution in [-0.2, 0) is 6.42 Å². The Kier molecular flexibility index (Phi) is 2.87. The van der Waals surface area contributed by atoms with E-state index in [4.69, 9.17) is 4.42 Å². The zero-order chi connectivity index (χ0) is 7.40. The Morgan fingerprint density at radius 3 is 2.90 bits per heavy atom. The van der Waals surface area contributed by atoms with Crippen LogP contribution in [0.3, 0.4) is 0 Å². The van der Waals surface area contributed by atoms with Gasteiger partial charge in [0.05, 0.1) is 6.26 Å². The largest absolute Gasteiger partial charge is 0.468 e. The third-order valence-corrected chi connectivity index (χ3v) is 1.88. The van der Waals surface area contributed by atoms with Crippen molar-refractivity contribution in [3.63, 3.8) is 0 Å². The molecular formula is C8H12OS. The van der Waals surface area contributed by atoms with Gasteiger partial charge in [0.25, 0.3) is 0 Å². The topological polar surface area (TPSA) is 13.1 Å². The minimum atomic E-state index is 0.980. The van der Waals surface area contributed by atoms with E-state index in [1.165, 1.54) is 12.8 Å². The molecule has 0 aliphatic heterocycles. The number of hydrogen-bond donors (Lipinski definition) is 1. The summed E-state index contributed by atoms with van der Waals surface area (Å²) in [6.07, 6.45) is 5.09. The summed E-state index contributed by atoms with van der Waals surface area (Å²) in [6, 6.07) is 1.88. The van der Waals surface area contributed by atoms with E-state index < -0.39 is 0 Å². The second-order valence-electron chi connectivity index (χ2n) is 2.33. The van der Waals surface area contributed by atoms with E-state index >= 15 is 0 Å². The lowest BCUT2D eigenvalue weighted by Crippen LogP contribution is -1.80. The third-order valence-electron chi connectivity index (χ3n) is 1.48. The van der Waals surface area contributed by atoms with Gasteiger partial charge in [-0.15, -0.1) is 12.6 Å². The van der Waals surface area contributed by atoms with Gasteiger partial charge in [-0.2, -0.15) is 0 Å². The van der Waals surface area contributed by atoms with Crippen LogP contribution in [0.2, 0.25) is 0 Å². The molecular weight excluding hydrogens is 144 g/mol. The Balaban J connectivity index is 2.49. The van der Waals surface area contributed by atoms with Gasteiger partial charge in [-0.05, 0) is 12.5 Å². The number of aryl methyl sites for hydroxylation is 1. The molecule has 1 heterocycles. The highest BCUT2D eigenvalue weighted by molar-refractivity contribution is 7.80. The maximum Gasteiger partial charge on any atom is 0.117 e. The second kappa shape index (κ2) is 3.71. The van der Waals surface area contributed by atoms with Crippen LogP contribution in [0.25, 0.3) is 0 Å². The van der Waals surface area contributed by atoms with Crippen LogP contribution in [0.5, 0.6) is 0 Å². The molecule has 0 spiro atoms. The molecule has 0 aliphatic carbocycles. The summed E-state index contributed by atoms with van der Waals surface area (Å²) in [5.41, 5.74) is 0. The van der Waals surface area contributed by atoms with Gasteiger partial charge in [-0.3, -0.25) is 0 Å². The van der Waals surface area contributed by atoms with Crippen molar-refractivity contribution in [2.75, 3.05) is 0 Å². The van der Waals surface area contributed by atoms with Gasteiger partial charge in [-0.1, -0.05) is 13.3 Å². The van der Waals surface area contributed by atoms with Crippen molar-refractivity contribution >= 4 is 12.6 Å². The van der Waals surface area contributed by atoms with Crippen molar-refractivity contribution in [3.05, 3.63) is 18.1 Å². The van der Waals surface area contributed by atoms with Gasteiger partial charge in [0, 0.05) is 11.3 Å². The first-order valence-corrected chi connectivity index (χ1v) is 4.04. The highest BCUT2D eigenvalue weighted by Gasteiger charge is 1.99. The lowest BCUT2D eigenvalue weighted by atomic mass is 10.2. The summed E-state index contributed by atoms with van der Waals surface area (Å²) in [6.45, 7) is 2.17. The SMILES string of the molecule is CCCCc1occc1S. The van der Waals surface area contributed by atoms with Gasteiger partial charge in [0.15, 0.2) is 0 Å². The normalized spacial score (nSPS) is 10.2. The first-order chi connectivity index (χ1) is 4.84. The maximum atomic E-state index is 5.19. The molecule has 0 amide bonds. The van der Waals surface area contributed by atoms with Crippen LogP contribution in [0.15, 0.2) is 21.6 Å². The summed E-state index contributed by atoms with van der Waals surface area (Å²) >= 11 is 4.23. The Labute approximate surface area is 66.8 Å². The molecule has 56 valence electrons. The Morgan fingerprint density at radius 2 is 2.40 bits per heavy atom. The van der Waals surface area contributed by atoms with E-state index in [-0.39, 0.29) is 0 Å². The Bertz CT molecular complexity index is 193. The summed E-state index contributed by atoms with van der Waals surface area (Å²) < 4.78 is 5.19. The van der Waals surface area contributed by atoms with Crippen molar-refractivity contribution < 1.29 is 4.42 Å². The fourth-order valence-electron chi connectivity index (χ4n) is 0.858. The Hall–Kier alpha value is -0.370. The molecule has 10 heavy (non-hydrogen) atoms. The second-order valence-corrected chi connectivity index (χ2v) is 2.81. The van der Waals surface area contributed by atoms with E-state index in [1.807, 2.05) is 6.07 Å². The molecule has 0 unspecified atom stereocenters. The standard InChI is InChI=1S/C8H12OS/c1-2-3-4-7-8(10)5-6-9-7/h5-6,10H,2-4H2,1H3. The zero-order valence-corrected chi connectivity index (χ0v) is 7.03. The van der Waals surface area contributed by atoms with Gasteiger partial charge in [-0.25, -0.2) is 0 Å². The molecule has 1 nitrogen and oxygen atoms in total. The summed E-state index contributed by atoms with van der Waals surface area (Å²) in [5.74, 6) is 1.02. The monoisotopic (exact) mass is 156 g/mol. The predicted octanol–water partition coefficient (Wildman–Crippen LogP) is 2.91.